The normalized spacial score (nSPS) is 25.0. The molecule has 1 amide bonds. The fraction of sp³-hybridized carbons (Fsp3) is 0.529. The molecule has 2 aliphatic carbocycles. The molecule has 2 aromatic heterocycles. The lowest BCUT2D eigenvalue weighted by atomic mass is 9.81. The zero-order valence-corrected chi connectivity index (χ0v) is 14.6. The van der Waals surface area contributed by atoms with Gasteiger partial charge in [0.05, 0.1) is 0 Å². The van der Waals surface area contributed by atoms with Crippen molar-refractivity contribution in [2.75, 3.05) is 5.32 Å². The fourth-order valence-corrected chi connectivity index (χ4v) is 4.21. The van der Waals surface area contributed by atoms with E-state index in [0.717, 1.165) is 49.6 Å². The largest absolute Gasteiger partial charge is 0.760 e. The van der Waals surface area contributed by atoms with Gasteiger partial charge in [-0.15, -0.1) is 0 Å². The van der Waals surface area contributed by atoms with Crippen molar-refractivity contribution < 1.29 is 13.6 Å². The number of pyridine rings is 1. The van der Waals surface area contributed by atoms with Crippen LogP contribution in [0.1, 0.15) is 50.0 Å². The third-order valence-corrected chi connectivity index (χ3v) is 5.72. The third kappa shape index (κ3) is 3.75. The number of amides is 1. The van der Waals surface area contributed by atoms with Crippen LogP contribution in [0.25, 0.3) is 11.0 Å². The number of hydrogen-bond acceptors (Lipinski definition) is 4. The molecule has 3 N–H and O–H groups in total. The van der Waals surface area contributed by atoms with E-state index in [9.17, 15) is 13.6 Å². The highest BCUT2D eigenvalue weighted by Crippen LogP contribution is 2.37. The maximum absolute atomic E-state index is 12.1. The number of aromatic nitrogens is 2. The van der Waals surface area contributed by atoms with Crippen molar-refractivity contribution in [3.05, 3.63) is 23.9 Å². The summed E-state index contributed by atoms with van der Waals surface area (Å²) in [6.45, 7) is 0. The van der Waals surface area contributed by atoms with Crippen molar-refractivity contribution in [1.29, 1.82) is 0 Å². The minimum Gasteiger partial charge on any atom is -0.760 e. The Hall–Kier alpha value is -1.77. The highest BCUT2D eigenvalue weighted by Gasteiger charge is 2.30. The second-order valence-electron chi connectivity index (χ2n) is 7.00. The smallest absolute Gasteiger partial charge is 0.228 e. The minimum atomic E-state index is -2.21. The van der Waals surface area contributed by atoms with Crippen LogP contribution in [-0.4, -0.2) is 30.7 Å². The number of nitrogens with zero attached hydrogens (tertiary/aromatic N) is 1. The van der Waals surface area contributed by atoms with E-state index < -0.39 is 11.3 Å². The summed E-state index contributed by atoms with van der Waals surface area (Å²) >= 11 is -2.21. The maximum Gasteiger partial charge on any atom is 0.228 e. The lowest BCUT2D eigenvalue weighted by Gasteiger charge is -2.30. The molecule has 1 unspecified atom stereocenters. The van der Waals surface area contributed by atoms with Gasteiger partial charge in [0.25, 0.3) is 0 Å². The van der Waals surface area contributed by atoms with E-state index in [2.05, 4.69) is 20.0 Å². The van der Waals surface area contributed by atoms with Gasteiger partial charge >= 0.3 is 0 Å². The molecule has 2 aromatic rings. The van der Waals surface area contributed by atoms with Crippen LogP contribution in [-0.2, 0) is 16.1 Å². The topological polar surface area (TPSA) is 110 Å². The molecule has 8 heteroatoms. The van der Waals surface area contributed by atoms with Gasteiger partial charge in [-0.05, 0) is 62.1 Å². The first kappa shape index (κ1) is 16.7. The monoisotopic (exact) mass is 361 g/mol. The van der Waals surface area contributed by atoms with Gasteiger partial charge in [0, 0.05) is 34.8 Å². The van der Waals surface area contributed by atoms with E-state index >= 15 is 0 Å². The molecule has 7 nitrogen and oxygen atoms in total. The zero-order chi connectivity index (χ0) is 17.4. The molecule has 1 atom stereocenters. The first-order valence-corrected chi connectivity index (χ1v) is 9.82. The SMILES string of the molecule is O=C(Nc1cc(C2CCC(NS(=O)[O-])CC2)c2cc[nH]c2n1)C1CC1. The van der Waals surface area contributed by atoms with Gasteiger partial charge in [0.1, 0.15) is 11.5 Å². The summed E-state index contributed by atoms with van der Waals surface area (Å²) in [4.78, 5) is 19.7. The Labute approximate surface area is 148 Å². The van der Waals surface area contributed by atoms with Crippen molar-refractivity contribution in [2.45, 2.75) is 50.5 Å². The number of nitrogens with one attached hydrogen (secondary N) is 3. The second kappa shape index (κ2) is 6.86. The van der Waals surface area contributed by atoms with Crippen LogP contribution in [0.15, 0.2) is 18.3 Å². The predicted octanol–water partition coefficient (Wildman–Crippen LogP) is 2.32. The van der Waals surface area contributed by atoms with Crippen LogP contribution < -0.4 is 10.0 Å². The molecule has 2 fully saturated rings. The summed E-state index contributed by atoms with van der Waals surface area (Å²) < 4.78 is 24.2. The molecule has 0 bridgehead atoms. The number of H-pyrrole nitrogens is 1. The highest BCUT2D eigenvalue weighted by molar-refractivity contribution is 7.77. The number of carbonyl (C=O) groups excluding carboxylic acids is 1. The predicted molar refractivity (Wildman–Crippen MR) is 94.5 cm³/mol. The third-order valence-electron chi connectivity index (χ3n) is 5.19. The first-order chi connectivity index (χ1) is 12.1. The van der Waals surface area contributed by atoms with Gasteiger partial charge in [0.15, 0.2) is 0 Å². The molecular weight excluding hydrogens is 340 g/mol. The molecule has 0 radical (unpaired) electrons. The standard InChI is InChI=1S/C17H22N4O3S/c22-17(11-1-2-11)20-15-9-14(13-7-8-18-16(13)19-15)10-3-5-12(6-4-10)21-25(23)24/h7-12,21H,1-6H2,(H,23,24)(H2,18,19,20,22)/p-1. The number of carbonyl (C=O) groups is 1. The average Bonchev–Trinajstić information content (AvgIpc) is 3.33. The number of rotatable bonds is 5. The van der Waals surface area contributed by atoms with Crippen LogP contribution in [0.2, 0.25) is 0 Å². The minimum absolute atomic E-state index is 0.0205. The first-order valence-electron chi connectivity index (χ1n) is 8.74. The molecule has 2 saturated carbocycles. The van der Waals surface area contributed by atoms with Gasteiger partial charge in [-0.2, -0.15) is 0 Å². The maximum atomic E-state index is 12.1. The molecule has 25 heavy (non-hydrogen) atoms. The van der Waals surface area contributed by atoms with Gasteiger partial charge < -0.3 is 14.9 Å². The Morgan fingerprint density at radius 3 is 2.68 bits per heavy atom. The lowest BCUT2D eigenvalue weighted by Crippen LogP contribution is -2.33. The number of aromatic amines is 1. The molecule has 0 saturated heterocycles. The Balaban J connectivity index is 1.55. The van der Waals surface area contributed by atoms with Gasteiger partial charge in [-0.25, -0.2) is 9.71 Å². The van der Waals surface area contributed by atoms with E-state index in [-0.39, 0.29) is 17.9 Å². The summed E-state index contributed by atoms with van der Waals surface area (Å²) in [5.74, 6) is 1.13. The highest BCUT2D eigenvalue weighted by atomic mass is 32.2. The zero-order valence-electron chi connectivity index (χ0n) is 13.8. The van der Waals surface area contributed by atoms with Crippen molar-refractivity contribution in [3.63, 3.8) is 0 Å². The summed E-state index contributed by atoms with van der Waals surface area (Å²) in [5, 5.41) is 4.01. The van der Waals surface area contributed by atoms with Crippen LogP contribution >= 0.6 is 0 Å². The lowest BCUT2D eigenvalue weighted by molar-refractivity contribution is -0.117. The van der Waals surface area contributed by atoms with E-state index in [4.69, 9.17) is 0 Å². The molecule has 2 heterocycles. The van der Waals surface area contributed by atoms with E-state index in [1.54, 1.807) is 0 Å². The molecule has 0 aromatic carbocycles. The van der Waals surface area contributed by atoms with Crippen molar-refractivity contribution in [1.82, 2.24) is 14.7 Å². The number of hydrogen-bond donors (Lipinski definition) is 3. The van der Waals surface area contributed by atoms with Gasteiger partial charge in [-0.1, -0.05) is 0 Å². The van der Waals surface area contributed by atoms with E-state index in [1.165, 1.54) is 5.56 Å². The van der Waals surface area contributed by atoms with Crippen LogP contribution in [0.4, 0.5) is 5.82 Å². The Morgan fingerprint density at radius 2 is 2.00 bits per heavy atom. The molecule has 0 spiro atoms. The average molecular weight is 361 g/mol. The summed E-state index contributed by atoms with van der Waals surface area (Å²) in [6.07, 6.45) is 7.24. The quantitative estimate of drug-likeness (QED) is 0.710. The van der Waals surface area contributed by atoms with Gasteiger partial charge in [-0.3, -0.25) is 9.00 Å². The Bertz CT molecular complexity index is 809. The number of anilines is 1. The van der Waals surface area contributed by atoms with Crippen LogP contribution in [0.5, 0.6) is 0 Å². The van der Waals surface area contributed by atoms with Crippen molar-refractivity contribution >= 4 is 34.0 Å². The molecule has 2 aliphatic rings. The molecule has 134 valence electrons. The number of fused-ring (bicyclic) bond motifs is 1. The van der Waals surface area contributed by atoms with Gasteiger partial charge in [0.2, 0.25) is 5.91 Å². The molecule has 4 rings (SSSR count). The Kier molecular flexibility index (Phi) is 4.58. The van der Waals surface area contributed by atoms with Crippen LogP contribution in [0, 0.1) is 5.92 Å². The second-order valence-corrected chi connectivity index (χ2v) is 7.71. The van der Waals surface area contributed by atoms with E-state index in [0.29, 0.717) is 11.7 Å². The van der Waals surface area contributed by atoms with Crippen LogP contribution in [0.3, 0.4) is 0 Å². The molecular formula is C17H21N4O3S-. The fourth-order valence-electron chi connectivity index (χ4n) is 3.70. The molecule has 0 aliphatic heterocycles. The van der Waals surface area contributed by atoms with Crippen molar-refractivity contribution in [3.8, 4) is 0 Å². The van der Waals surface area contributed by atoms with E-state index in [1.807, 2.05) is 18.3 Å². The summed E-state index contributed by atoms with van der Waals surface area (Å²) in [6, 6.07) is 4.02. The summed E-state index contributed by atoms with van der Waals surface area (Å²) in [5.41, 5.74) is 1.96. The van der Waals surface area contributed by atoms with Crippen molar-refractivity contribution in [2.24, 2.45) is 5.92 Å². The Morgan fingerprint density at radius 1 is 1.24 bits per heavy atom. The summed E-state index contributed by atoms with van der Waals surface area (Å²) in [7, 11) is 0.